The van der Waals surface area contributed by atoms with Gasteiger partial charge in [0, 0.05) is 12.0 Å². The number of hydrogen-bond acceptors (Lipinski definition) is 1. The Morgan fingerprint density at radius 2 is 1.75 bits per heavy atom. The Hall–Kier alpha value is -0.530. The molecule has 72 valence electrons. The van der Waals surface area contributed by atoms with Crippen molar-refractivity contribution in [3.63, 3.8) is 0 Å². The third kappa shape index (κ3) is 3.74. The molecule has 0 aliphatic carbocycles. The first-order valence-corrected chi connectivity index (χ1v) is 4.79. The molecule has 0 bridgehead atoms. The summed E-state index contributed by atoms with van der Waals surface area (Å²) < 4.78 is 0. The van der Waals surface area contributed by atoms with E-state index in [0.717, 1.165) is 6.42 Å². The highest BCUT2D eigenvalue weighted by atomic mass is 16.1. The predicted octanol–water partition coefficient (Wildman–Crippen LogP) is 2.19. The Morgan fingerprint density at radius 3 is 2.00 bits per heavy atom. The monoisotopic (exact) mass is 171 g/mol. The van der Waals surface area contributed by atoms with Crippen LogP contribution in [0.3, 0.4) is 0 Å². The smallest absolute Gasteiger partial charge is 0.222 e. The SMILES string of the molecule is CCC(NC(=O)C(C)C)C(C)C. The van der Waals surface area contributed by atoms with Crippen molar-refractivity contribution in [1.29, 1.82) is 0 Å². The van der Waals surface area contributed by atoms with E-state index in [-0.39, 0.29) is 11.8 Å². The number of rotatable bonds is 4. The lowest BCUT2D eigenvalue weighted by Gasteiger charge is -2.21. The molecule has 0 heterocycles. The van der Waals surface area contributed by atoms with Crippen molar-refractivity contribution in [2.75, 3.05) is 0 Å². The molecule has 0 aliphatic heterocycles. The van der Waals surface area contributed by atoms with Crippen LogP contribution in [0.2, 0.25) is 0 Å². The molecule has 1 amide bonds. The summed E-state index contributed by atoms with van der Waals surface area (Å²) in [4.78, 5) is 11.3. The van der Waals surface area contributed by atoms with E-state index >= 15 is 0 Å². The minimum atomic E-state index is 0.0952. The average Bonchev–Trinajstić information content (AvgIpc) is 1.98. The van der Waals surface area contributed by atoms with E-state index < -0.39 is 0 Å². The second-order valence-electron chi connectivity index (χ2n) is 3.92. The van der Waals surface area contributed by atoms with Crippen LogP contribution in [0.25, 0.3) is 0 Å². The molecule has 1 atom stereocenters. The van der Waals surface area contributed by atoms with E-state index in [1.54, 1.807) is 0 Å². The van der Waals surface area contributed by atoms with E-state index in [1.807, 2.05) is 13.8 Å². The molecule has 12 heavy (non-hydrogen) atoms. The third-order valence-electron chi connectivity index (χ3n) is 2.10. The Labute approximate surface area is 75.7 Å². The number of hydrogen-bond donors (Lipinski definition) is 1. The molecule has 0 fully saturated rings. The molecule has 0 saturated heterocycles. The highest BCUT2D eigenvalue weighted by molar-refractivity contribution is 5.78. The topological polar surface area (TPSA) is 29.1 Å². The lowest BCUT2D eigenvalue weighted by Crippen LogP contribution is -2.40. The van der Waals surface area contributed by atoms with Gasteiger partial charge in [0.2, 0.25) is 5.91 Å². The van der Waals surface area contributed by atoms with Gasteiger partial charge in [-0.05, 0) is 12.3 Å². The normalized spacial score (nSPS) is 13.6. The third-order valence-corrected chi connectivity index (χ3v) is 2.10. The minimum Gasteiger partial charge on any atom is -0.353 e. The zero-order chi connectivity index (χ0) is 9.72. The molecule has 2 nitrogen and oxygen atoms in total. The zero-order valence-electron chi connectivity index (χ0n) is 8.85. The van der Waals surface area contributed by atoms with Gasteiger partial charge in [-0.25, -0.2) is 0 Å². The van der Waals surface area contributed by atoms with Crippen molar-refractivity contribution in [2.45, 2.75) is 47.1 Å². The number of carbonyl (C=O) groups excluding carboxylic acids is 1. The molecular weight excluding hydrogens is 150 g/mol. The summed E-state index contributed by atoms with van der Waals surface area (Å²) in [6.07, 6.45) is 1.01. The van der Waals surface area contributed by atoms with Crippen LogP contribution in [0.5, 0.6) is 0 Å². The van der Waals surface area contributed by atoms with Gasteiger partial charge in [-0.3, -0.25) is 4.79 Å². The van der Waals surface area contributed by atoms with Gasteiger partial charge in [0.05, 0.1) is 0 Å². The van der Waals surface area contributed by atoms with Gasteiger partial charge in [0.1, 0.15) is 0 Å². The van der Waals surface area contributed by atoms with Gasteiger partial charge in [0.15, 0.2) is 0 Å². The van der Waals surface area contributed by atoms with Crippen molar-refractivity contribution in [1.82, 2.24) is 5.32 Å². The van der Waals surface area contributed by atoms with Gasteiger partial charge in [-0.2, -0.15) is 0 Å². The van der Waals surface area contributed by atoms with Crippen LogP contribution in [-0.2, 0) is 4.79 Å². The molecule has 1 unspecified atom stereocenters. The Morgan fingerprint density at radius 1 is 1.25 bits per heavy atom. The van der Waals surface area contributed by atoms with Crippen LogP contribution >= 0.6 is 0 Å². The maximum atomic E-state index is 11.3. The highest BCUT2D eigenvalue weighted by Gasteiger charge is 2.15. The van der Waals surface area contributed by atoms with E-state index in [0.29, 0.717) is 12.0 Å². The molecule has 0 aromatic heterocycles. The summed E-state index contributed by atoms with van der Waals surface area (Å²) in [5.41, 5.74) is 0. The average molecular weight is 171 g/mol. The standard InChI is InChI=1S/C10H21NO/c1-6-9(7(2)3)11-10(12)8(4)5/h7-9H,6H2,1-5H3,(H,11,12). The van der Waals surface area contributed by atoms with Crippen LogP contribution in [0, 0.1) is 11.8 Å². The van der Waals surface area contributed by atoms with Crippen molar-refractivity contribution in [3.05, 3.63) is 0 Å². The summed E-state index contributed by atoms with van der Waals surface area (Å²) in [5, 5.41) is 3.03. The first-order valence-electron chi connectivity index (χ1n) is 4.79. The molecular formula is C10H21NO. The molecule has 0 aliphatic rings. The van der Waals surface area contributed by atoms with Gasteiger partial charge in [-0.1, -0.05) is 34.6 Å². The minimum absolute atomic E-state index is 0.0952. The molecule has 0 aromatic rings. The molecule has 0 saturated carbocycles. The van der Waals surface area contributed by atoms with Crippen LogP contribution in [-0.4, -0.2) is 11.9 Å². The van der Waals surface area contributed by atoms with Crippen molar-refractivity contribution in [2.24, 2.45) is 11.8 Å². The van der Waals surface area contributed by atoms with E-state index in [9.17, 15) is 4.79 Å². The molecule has 0 spiro atoms. The van der Waals surface area contributed by atoms with Gasteiger partial charge in [0.25, 0.3) is 0 Å². The second-order valence-corrected chi connectivity index (χ2v) is 3.92. The van der Waals surface area contributed by atoms with Gasteiger partial charge >= 0.3 is 0 Å². The number of nitrogens with one attached hydrogen (secondary N) is 1. The molecule has 0 radical (unpaired) electrons. The van der Waals surface area contributed by atoms with Gasteiger partial charge < -0.3 is 5.32 Å². The summed E-state index contributed by atoms with van der Waals surface area (Å²) in [5.74, 6) is 0.783. The Balaban J connectivity index is 3.94. The van der Waals surface area contributed by atoms with E-state index in [2.05, 4.69) is 26.1 Å². The fourth-order valence-corrected chi connectivity index (χ4v) is 1.09. The van der Waals surface area contributed by atoms with E-state index in [1.165, 1.54) is 0 Å². The second kappa shape index (κ2) is 5.18. The summed E-state index contributed by atoms with van der Waals surface area (Å²) in [6.45, 7) is 10.2. The summed E-state index contributed by atoms with van der Waals surface area (Å²) in [6, 6.07) is 0.333. The molecule has 0 aromatic carbocycles. The van der Waals surface area contributed by atoms with Gasteiger partial charge in [-0.15, -0.1) is 0 Å². The quantitative estimate of drug-likeness (QED) is 0.690. The van der Waals surface area contributed by atoms with Crippen LogP contribution < -0.4 is 5.32 Å². The Bertz CT molecular complexity index is 141. The lowest BCUT2D eigenvalue weighted by molar-refractivity contribution is -0.125. The molecule has 2 heteroatoms. The molecule has 1 N–H and O–H groups in total. The maximum Gasteiger partial charge on any atom is 0.222 e. The number of carbonyl (C=O) groups is 1. The van der Waals surface area contributed by atoms with Crippen molar-refractivity contribution < 1.29 is 4.79 Å². The molecule has 0 rings (SSSR count). The van der Waals surface area contributed by atoms with Crippen LogP contribution in [0.15, 0.2) is 0 Å². The van der Waals surface area contributed by atoms with Crippen LogP contribution in [0.4, 0.5) is 0 Å². The van der Waals surface area contributed by atoms with Crippen LogP contribution in [0.1, 0.15) is 41.0 Å². The highest BCUT2D eigenvalue weighted by Crippen LogP contribution is 2.06. The number of amides is 1. The fraction of sp³-hybridized carbons (Fsp3) is 0.900. The fourth-order valence-electron chi connectivity index (χ4n) is 1.09. The largest absolute Gasteiger partial charge is 0.353 e. The zero-order valence-corrected chi connectivity index (χ0v) is 8.85. The predicted molar refractivity (Wildman–Crippen MR) is 51.9 cm³/mol. The maximum absolute atomic E-state index is 11.3. The summed E-state index contributed by atoms with van der Waals surface area (Å²) >= 11 is 0. The summed E-state index contributed by atoms with van der Waals surface area (Å²) in [7, 11) is 0. The van der Waals surface area contributed by atoms with E-state index in [4.69, 9.17) is 0 Å². The Kier molecular flexibility index (Phi) is 4.95. The lowest BCUT2D eigenvalue weighted by atomic mass is 10.0. The van der Waals surface area contributed by atoms with Crippen molar-refractivity contribution in [3.8, 4) is 0 Å². The first kappa shape index (κ1) is 11.5. The first-order chi connectivity index (χ1) is 5.49. The van der Waals surface area contributed by atoms with Crippen molar-refractivity contribution >= 4 is 5.91 Å².